The Balaban J connectivity index is 1.50. The molecular weight excluding hydrogens is 508 g/mol. The third-order valence-electron chi connectivity index (χ3n) is 7.39. The van der Waals surface area contributed by atoms with Gasteiger partial charge in [-0.1, -0.05) is 73.9 Å². The number of hydrogen-bond donors (Lipinski definition) is 1. The molecule has 0 saturated carbocycles. The SMILES string of the molecule is CCCCN1/C(=C/C=C2\C(=O)N(c3ccc(NCCC(C)CC(C)(C)C)cc3)N=C2C(C)(C)C)Oc2ccccc21. The molecule has 0 saturated heterocycles. The molecule has 0 aromatic heterocycles. The van der Waals surface area contributed by atoms with Crippen molar-refractivity contribution in [2.45, 2.75) is 81.1 Å². The smallest absolute Gasteiger partial charge is 0.280 e. The first-order chi connectivity index (χ1) is 19.4. The zero-order chi connectivity index (χ0) is 29.8. The van der Waals surface area contributed by atoms with Crippen LogP contribution in [0.5, 0.6) is 5.75 Å². The van der Waals surface area contributed by atoms with Crippen LogP contribution in [0.3, 0.4) is 0 Å². The van der Waals surface area contributed by atoms with Crippen LogP contribution in [0.2, 0.25) is 0 Å². The van der Waals surface area contributed by atoms with Crippen molar-refractivity contribution in [3.63, 3.8) is 0 Å². The number of nitrogens with zero attached hydrogens (tertiary/aromatic N) is 3. The number of anilines is 3. The fourth-order valence-electron chi connectivity index (χ4n) is 5.50. The number of unbranched alkanes of at least 4 members (excludes halogenated alkanes) is 1. The summed E-state index contributed by atoms with van der Waals surface area (Å²) in [5.41, 5.74) is 4.28. The number of carbonyl (C=O) groups excluding carboxylic acids is 1. The lowest BCUT2D eigenvalue weighted by molar-refractivity contribution is -0.114. The van der Waals surface area contributed by atoms with Crippen molar-refractivity contribution in [2.75, 3.05) is 28.3 Å². The summed E-state index contributed by atoms with van der Waals surface area (Å²) in [4.78, 5) is 15.9. The highest BCUT2D eigenvalue weighted by Gasteiger charge is 2.37. The van der Waals surface area contributed by atoms with Gasteiger partial charge in [-0.05, 0) is 79.1 Å². The summed E-state index contributed by atoms with van der Waals surface area (Å²) < 4.78 is 6.20. The molecule has 1 amide bonds. The second-order valence-corrected chi connectivity index (χ2v) is 13.6. The molecule has 6 heteroatoms. The highest BCUT2D eigenvalue weighted by atomic mass is 16.5. The molecule has 6 nitrogen and oxygen atoms in total. The average Bonchev–Trinajstić information content (AvgIpc) is 3.42. The fraction of sp³-hybridized carbons (Fsp3) is 0.486. The van der Waals surface area contributed by atoms with Gasteiger partial charge in [0, 0.05) is 24.2 Å². The number of allylic oxidation sites excluding steroid dienone is 2. The number of para-hydroxylation sites is 2. The molecule has 2 aromatic carbocycles. The summed E-state index contributed by atoms with van der Waals surface area (Å²) in [7, 11) is 0. The largest absolute Gasteiger partial charge is 0.439 e. The van der Waals surface area contributed by atoms with E-state index in [1.165, 1.54) is 11.4 Å². The molecule has 1 atom stereocenters. The van der Waals surface area contributed by atoms with Crippen LogP contribution in [0.1, 0.15) is 81.1 Å². The molecule has 220 valence electrons. The highest BCUT2D eigenvalue weighted by Crippen LogP contribution is 2.39. The fourth-order valence-corrected chi connectivity index (χ4v) is 5.50. The Morgan fingerprint density at radius 1 is 1.00 bits per heavy atom. The summed E-state index contributed by atoms with van der Waals surface area (Å²) in [5.74, 6) is 2.12. The van der Waals surface area contributed by atoms with Gasteiger partial charge < -0.3 is 15.0 Å². The molecular formula is C35H48N4O2. The van der Waals surface area contributed by atoms with E-state index in [0.717, 1.165) is 66.8 Å². The van der Waals surface area contributed by atoms with E-state index in [0.29, 0.717) is 16.9 Å². The van der Waals surface area contributed by atoms with Crippen LogP contribution in [0.25, 0.3) is 0 Å². The van der Waals surface area contributed by atoms with E-state index in [9.17, 15) is 4.79 Å². The third kappa shape index (κ3) is 7.60. The van der Waals surface area contributed by atoms with Gasteiger partial charge >= 0.3 is 0 Å². The molecule has 1 N–H and O–H groups in total. The lowest BCUT2D eigenvalue weighted by Crippen LogP contribution is -2.24. The number of hydrazone groups is 1. The first-order valence-electron chi connectivity index (χ1n) is 15.1. The van der Waals surface area contributed by atoms with Gasteiger partial charge in [0.25, 0.3) is 5.91 Å². The summed E-state index contributed by atoms with van der Waals surface area (Å²) in [5, 5.41) is 9.88. The molecule has 0 spiro atoms. The number of amides is 1. The highest BCUT2D eigenvalue weighted by molar-refractivity contribution is 6.31. The zero-order valence-corrected chi connectivity index (χ0v) is 26.3. The minimum Gasteiger partial charge on any atom is -0.439 e. The average molecular weight is 557 g/mol. The zero-order valence-electron chi connectivity index (χ0n) is 26.3. The molecule has 1 unspecified atom stereocenters. The molecule has 2 aromatic rings. The maximum Gasteiger partial charge on any atom is 0.280 e. The van der Waals surface area contributed by atoms with Crippen LogP contribution in [-0.4, -0.2) is 24.7 Å². The molecule has 2 aliphatic heterocycles. The number of carbonyl (C=O) groups is 1. The first-order valence-corrected chi connectivity index (χ1v) is 15.1. The van der Waals surface area contributed by atoms with E-state index in [1.807, 2.05) is 54.6 Å². The minimum absolute atomic E-state index is 0.126. The van der Waals surface area contributed by atoms with Gasteiger partial charge in [-0.25, -0.2) is 0 Å². The van der Waals surface area contributed by atoms with Crippen LogP contribution < -0.4 is 20.0 Å². The predicted molar refractivity (Wildman–Crippen MR) is 173 cm³/mol. The number of benzene rings is 2. The predicted octanol–water partition coefficient (Wildman–Crippen LogP) is 8.78. The molecule has 0 radical (unpaired) electrons. The van der Waals surface area contributed by atoms with E-state index in [-0.39, 0.29) is 11.3 Å². The van der Waals surface area contributed by atoms with Crippen molar-refractivity contribution in [1.29, 1.82) is 0 Å². The number of rotatable bonds is 10. The van der Waals surface area contributed by atoms with Gasteiger partial charge in [-0.15, -0.1) is 0 Å². The topological polar surface area (TPSA) is 57.2 Å². The van der Waals surface area contributed by atoms with E-state index in [2.05, 4.69) is 71.7 Å². The molecule has 2 heterocycles. The van der Waals surface area contributed by atoms with Gasteiger partial charge in [0.1, 0.15) is 0 Å². The Morgan fingerprint density at radius 2 is 1.71 bits per heavy atom. The molecule has 0 bridgehead atoms. The molecule has 0 aliphatic carbocycles. The van der Waals surface area contributed by atoms with E-state index < -0.39 is 0 Å². The number of ether oxygens (including phenoxy) is 1. The van der Waals surface area contributed by atoms with Crippen LogP contribution in [0.15, 0.2) is 77.2 Å². The van der Waals surface area contributed by atoms with Crippen molar-refractivity contribution in [3.05, 3.63) is 72.1 Å². The summed E-state index contributed by atoms with van der Waals surface area (Å²) in [6, 6.07) is 16.1. The van der Waals surface area contributed by atoms with E-state index in [1.54, 1.807) is 0 Å². The second kappa shape index (κ2) is 12.5. The van der Waals surface area contributed by atoms with E-state index in [4.69, 9.17) is 9.84 Å². The Kier molecular flexibility index (Phi) is 9.31. The van der Waals surface area contributed by atoms with Crippen molar-refractivity contribution in [1.82, 2.24) is 0 Å². The summed E-state index contributed by atoms with van der Waals surface area (Å²) in [6.07, 6.45) is 8.26. The Labute approximate surface area is 247 Å². The van der Waals surface area contributed by atoms with Gasteiger partial charge in [-0.2, -0.15) is 10.1 Å². The lowest BCUT2D eigenvalue weighted by Gasteiger charge is -2.23. The summed E-state index contributed by atoms with van der Waals surface area (Å²) >= 11 is 0. The molecule has 2 aliphatic rings. The summed E-state index contributed by atoms with van der Waals surface area (Å²) in [6.45, 7) is 19.4. The number of fused-ring (bicyclic) bond motifs is 1. The number of nitrogens with one attached hydrogen (secondary N) is 1. The normalized spacial score (nSPS) is 18.1. The maximum atomic E-state index is 13.7. The monoisotopic (exact) mass is 556 g/mol. The standard InChI is InChI=1S/C35H48N4O2/c1-9-10-23-38-29-13-11-12-14-30(29)41-31(38)20-19-28-32(35(6,7)8)37-39(33(28)40)27-17-15-26(16-18-27)36-22-21-25(2)24-34(3,4)5/h11-20,25,36H,9-10,21-24H2,1-8H3/b28-19-,31-20-. The van der Waals surface area contributed by atoms with Crippen molar-refractivity contribution in [3.8, 4) is 5.75 Å². The van der Waals surface area contributed by atoms with Crippen molar-refractivity contribution in [2.24, 2.45) is 21.8 Å². The molecule has 4 rings (SSSR count). The second-order valence-electron chi connectivity index (χ2n) is 13.6. The Bertz CT molecular complexity index is 1310. The third-order valence-corrected chi connectivity index (χ3v) is 7.39. The Hall–Kier alpha value is -3.54. The van der Waals surface area contributed by atoms with Gasteiger partial charge in [0.2, 0.25) is 5.88 Å². The van der Waals surface area contributed by atoms with Gasteiger partial charge in [0.15, 0.2) is 5.75 Å². The number of hydrogen-bond acceptors (Lipinski definition) is 5. The quantitative estimate of drug-likeness (QED) is 0.297. The van der Waals surface area contributed by atoms with Gasteiger partial charge in [0.05, 0.1) is 22.7 Å². The van der Waals surface area contributed by atoms with Gasteiger partial charge in [-0.3, -0.25) is 4.79 Å². The minimum atomic E-state index is -0.304. The molecule has 0 fully saturated rings. The van der Waals surface area contributed by atoms with Crippen molar-refractivity contribution >= 4 is 28.7 Å². The van der Waals surface area contributed by atoms with Crippen LogP contribution in [-0.2, 0) is 4.79 Å². The van der Waals surface area contributed by atoms with E-state index >= 15 is 0 Å². The Morgan fingerprint density at radius 3 is 2.37 bits per heavy atom. The lowest BCUT2D eigenvalue weighted by atomic mass is 9.84. The van der Waals surface area contributed by atoms with Crippen molar-refractivity contribution < 1.29 is 9.53 Å². The van der Waals surface area contributed by atoms with Crippen LogP contribution in [0.4, 0.5) is 17.1 Å². The molecule has 41 heavy (non-hydrogen) atoms. The maximum absolute atomic E-state index is 13.7. The van der Waals surface area contributed by atoms with Crippen LogP contribution >= 0.6 is 0 Å². The van der Waals surface area contributed by atoms with Crippen LogP contribution in [0, 0.1) is 16.7 Å². The first kappa shape index (κ1) is 30.4.